The van der Waals surface area contributed by atoms with E-state index in [4.69, 9.17) is 9.47 Å². The number of pyridine rings is 1. The molecule has 36 heavy (non-hydrogen) atoms. The van der Waals surface area contributed by atoms with Gasteiger partial charge in [-0.25, -0.2) is 9.78 Å². The Labute approximate surface area is 206 Å². The van der Waals surface area contributed by atoms with Crippen molar-refractivity contribution in [3.05, 3.63) is 54.0 Å². The number of carbonyl (C=O) groups is 1. The number of nitrogens with zero attached hydrogens (tertiary/aromatic N) is 4. The Hall–Kier alpha value is -3.60. The Kier molecular flexibility index (Phi) is 6.70. The zero-order valence-corrected chi connectivity index (χ0v) is 20.3. The number of aliphatic hydroxyl groups is 1. The molecule has 0 saturated heterocycles. The number of rotatable bonds is 5. The van der Waals surface area contributed by atoms with Crippen molar-refractivity contribution in [1.82, 2.24) is 14.8 Å². The van der Waals surface area contributed by atoms with E-state index in [1.807, 2.05) is 6.92 Å². The molecule has 0 bridgehead atoms. The summed E-state index contributed by atoms with van der Waals surface area (Å²) in [5.41, 5.74) is 0.0715. The van der Waals surface area contributed by atoms with E-state index in [0.29, 0.717) is 35.2 Å². The first kappa shape index (κ1) is 25.5. The van der Waals surface area contributed by atoms with Crippen molar-refractivity contribution in [2.24, 2.45) is 0 Å². The Balaban J connectivity index is 1.89. The van der Waals surface area contributed by atoms with Crippen LogP contribution in [0.5, 0.6) is 11.6 Å². The molecule has 3 aromatic rings. The first-order valence-electron chi connectivity index (χ1n) is 11.4. The van der Waals surface area contributed by atoms with E-state index in [1.54, 1.807) is 43.1 Å². The summed E-state index contributed by atoms with van der Waals surface area (Å²) < 4.78 is 53.6. The summed E-state index contributed by atoms with van der Waals surface area (Å²) in [6.07, 6.45) is 0.209. The van der Waals surface area contributed by atoms with Crippen molar-refractivity contribution in [2.45, 2.75) is 58.0 Å². The molecule has 2 aromatic heterocycles. The Morgan fingerprint density at radius 2 is 2.00 bits per heavy atom. The van der Waals surface area contributed by atoms with Crippen LogP contribution in [0.25, 0.3) is 11.1 Å². The van der Waals surface area contributed by atoms with Gasteiger partial charge in [-0.05, 0) is 57.9 Å². The van der Waals surface area contributed by atoms with Crippen molar-refractivity contribution >= 4 is 11.8 Å². The van der Waals surface area contributed by atoms with Crippen molar-refractivity contribution in [3.63, 3.8) is 0 Å². The van der Waals surface area contributed by atoms with Gasteiger partial charge in [0.2, 0.25) is 5.88 Å². The van der Waals surface area contributed by atoms with Gasteiger partial charge < -0.3 is 14.6 Å². The molecule has 1 aliphatic heterocycles. The monoisotopic (exact) mass is 504 g/mol. The molecule has 1 N–H and O–H groups in total. The minimum Gasteiger partial charge on any atom is -0.452 e. The third kappa shape index (κ3) is 5.15. The van der Waals surface area contributed by atoms with Gasteiger partial charge in [-0.15, -0.1) is 0 Å². The van der Waals surface area contributed by atoms with Gasteiger partial charge in [0.1, 0.15) is 11.3 Å². The number of alkyl halides is 3. The molecule has 0 fully saturated rings. The highest BCUT2D eigenvalue weighted by Gasteiger charge is 2.37. The smallest absolute Gasteiger partial charge is 0.421 e. The molecular weight excluding hydrogens is 477 g/mol. The van der Waals surface area contributed by atoms with Crippen LogP contribution in [0.15, 0.2) is 42.9 Å². The molecule has 3 heterocycles. The zero-order chi connectivity index (χ0) is 26.3. The van der Waals surface area contributed by atoms with Gasteiger partial charge in [0.25, 0.3) is 0 Å². The van der Waals surface area contributed by atoms with Crippen LogP contribution in [0.1, 0.15) is 38.3 Å². The van der Waals surface area contributed by atoms with Gasteiger partial charge in [0, 0.05) is 35.1 Å². The third-order valence-corrected chi connectivity index (χ3v) is 5.89. The zero-order valence-electron chi connectivity index (χ0n) is 20.3. The predicted molar refractivity (Wildman–Crippen MR) is 126 cm³/mol. The van der Waals surface area contributed by atoms with Crippen LogP contribution in [0, 0.1) is 0 Å². The number of ether oxygens (including phenoxy) is 2. The number of amides is 1. The standard InChI is InChI=1S/C25H27F3N4O4/c1-15-7-8-18-20(32(15)23(33)35-4)10-9-17(16-12-30-31(13-16)14-24(2,3)34)21(18)36-22-19(25(26,27)28)6-5-11-29-22/h5-6,9-13,15,34H,7-8,14H2,1-4H3/t15-/m0/s1. The molecule has 192 valence electrons. The molecular formula is C25H27F3N4O4. The largest absolute Gasteiger partial charge is 0.452 e. The fraction of sp³-hybridized carbons (Fsp3) is 0.400. The second kappa shape index (κ2) is 9.45. The lowest BCUT2D eigenvalue weighted by atomic mass is 9.92. The number of fused-ring (bicyclic) bond motifs is 1. The maximum Gasteiger partial charge on any atom is 0.421 e. The number of methoxy groups -OCH3 is 1. The summed E-state index contributed by atoms with van der Waals surface area (Å²) in [6.45, 7) is 5.36. The highest BCUT2D eigenvalue weighted by molar-refractivity contribution is 5.92. The molecule has 0 aliphatic carbocycles. The van der Waals surface area contributed by atoms with E-state index in [0.717, 1.165) is 6.07 Å². The van der Waals surface area contributed by atoms with E-state index in [2.05, 4.69) is 10.1 Å². The fourth-order valence-corrected chi connectivity index (χ4v) is 4.30. The Morgan fingerprint density at radius 3 is 2.67 bits per heavy atom. The van der Waals surface area contributed by atoms with Gasteiger partial charge in [0.15, 0.2) is 0 Å². The second-order valence-corrected chi connectivity index (χ2v) is 9.36. The number of anilines is 1. The summed E-state index contributed by atoms with van der Waals surface area (Å²) in [7, 11) is 1.27. The molecule has 0 spiro atoms. The second-order valence-electron chi connectivity index (χ2n) is 9.36. The molecule has 0 saturated carbocycles. The summed E-state index contributed by atoms with van der Waals surface area (Å²) >= 11 is 0. The van der Waals surface area contributed by atoms with Crippen LogP contribution in [0.2, 0.25) is 0 Å². The van der Waals surface area contributed by atoms with E-state index in [9.17, 15) is 23.1 Å². The number of hydrogen-bond acceptors (Lipinski definition) is 6. The Morgan fingerprint density at radius 1 is 1.25 bits per heavy atom. The minimum atomic E-state index is -4.68. The summed E-state index contributed by atoms with van der Waals surface area (Å²) in [5.74, 6) is -0.438. The first-order chi connectivity index (χ1) is 16.9. The highest BCUT2D eigenvalue weighted by atomic mass is 19.4. The van der Waals surface area contributed by atoms with Crippen LogP contribution in [-0.4, -0.2) is 44.7 Å². The van der Waals surface area contributed by atoms with Crippen LogP contribution in [0.3, 0.4) is 0 Å². The van der Waals surface area contributed by atoms with Gasteiger partial charge in [-0.3, -0.25) is 9.58 Å². The van der Waals surface area contributed by atoms with E-state index >= 15 is 0 Å². The lowest BCUT2D eigenvalue weighted by Crippen LogP contribution is -2.42. The van der Waals surface area contributed by atoms with Gasteiger partial charge in [-0.1, -0.05) is 0 Å². The minimum absolute atomic E-state index is 0.153. The number of benzene rings is 1. The van der Waals surface area contributed by atoms with Crippen molar-refractivity contribution in [1.29, 1.82) is 0 Å². The molecule has 8 nitrogen and oxygen atoms in total. The third-order valence-electron chi connectivity index (χ3n) is 5.89. The SMILES string of the molecule is COC(=O)N1c2ccc(-c3cnn(CC(C)(C)O)c3)c(Oc3ncccc3C(F)(F)F)c2CC[C@@H]1C. The maximum absolute atomic E-state index is 13.7. The van der Waals surface area contributed by atoms with Crippen LogP contribution < -0.4 is 9.64 Å². The summed E-state index contributed by atoms with van der Waals surface area (Å²) in [4.78, 5) is 17.9. The summed E-state index contributed by atoms with van der Waals surface area (Å²) in [6, 6.07) is 5.31. The molecule has 1 aromatic carbocycles. The molecule has 1 atom stereocenters. The highest BCUT2D eigenvalue weighted by Crippen LogP contribution is 2.46. The lowest BCUT2D eigenvalue weighted by molar-refractivity contribution is -0.138. The Bertz CT molecular complexity index is 1270. The average Bonchev–Trinajstić information content (AvgIpc) is 3.24. The van der Waals surface area contributed by atoms with Gasteiger partial charge in [0.05, 0.1) is 31.1 Å². The topological polar surface area (TPSA) is 89.7 Å². The first-order valence-corrected chi connectivity index (χ1v) is 11.4. The predicted octanol–water partition coefficient (Wildman–Crippen LogP) is 5.43. The summed E-state index contributed by atoms with van der Waals surface area (Å²) in [5, 5.41) is 14.4. The molecule has 1 amide bonds. The molecule has 11 heteroatoms. The number of aromatic nitrogens is 3. The van der Waals surface area contributed by atoms with Crippen LogP contribution in [0.4, 0.5) is 23.7 Å². The van der Waals surface area contributed by atoms with E-state index < -0.39 is 29.3 Å². The fourth-order valence-electron chi connectivity index (χ4n) is 4.30. The number of hydrogen-bond donors (Lipinski definition) is 1. The van der Waals surface area contributed by atoms with Crippen molar-refractivity contribution in [3.8, 4) is 22.8 Å². The van der Waals surface area contributed by atoms with Gasteiger partial charge >= 0.3 is 12.3 Å². The number of halogens is 3. The van der Waals surface area contributed by atoms with Gasteiger partial charge in [-0.2, -0.15) is 18.3 Å². The molecule has 1 aliphatic rings. The molecule has 0 radical (unpaired) electrons. The number of carbonyl (C=O) groups excluding carboxylic acids is 1. The average molecular weight is 505 g/mol. The van der Waals surface area contributed by atoms with Crippen molar-refractivity contribution in [2.75, 3.05) is 12.0 Å². The molecule has 0 unspecified atom stereocenters. The quantitative estimate of drug-likeness (QED) is 0.498. The van der Waals surface area contributed by atoms with Crippen LogP contribution in [-0.2, 0) is 23.9 Å². The maximum atomic E-state index is 13.7. The van der Waals surface area contributed by atoms with Crippen molar-refractivity contribution < 1.29 is 32.5 Å². The normalized spacial score (nSPS) is 16.0. The van der Waals surface area contributed by atoms with E-state index in [-0.39, 0.29) is 18.3 Å². The lowest BCUT2D eigenvalue weighted by Gasteiger charge is -2.35. The molecule has 4 rings (SSSR count). The van der Waals surface area contributed by atoms with E-state index in [1.165, 1.54) is 24.3 Å². The van der Waals surface area contributed by atoms with Crippen LogP contribution >= 0.6 is 0 Å².